The van der Waals surface area contributed by atoms with E-state index in [1.165, 1.54) is 0 Å². The first-order chi connectivity index (χ1) is 11.7. The third-order valence-electron chi connectivity index (χ3n) is 3.49. The maximum Gasteiger partial charge on any atom is 0.231 e. The van der Waals surface area contributed by atoms with Gasteiger partial charge in [-0.05, 0) is 42.0 Å². The summed E-state index contributed by atoms with van der Waals surface area (Å²) in [6, 6.07) is 9.80. The van der Waals surface area contributed by atoms with Gasteiger partial charge in [0.25, 0.3) is 0 Å². The summed E-state index contributed by atoms with van der Waals surface area (Å²) in [5, 5.41) is 3.96. The standard InChI is InChI=1S/C17H17ClN2O2S2/c1-2-7-20(10-13-4-6-16(18)24-13)17(23)19-9-12-3-5-14-15(8-12)22-11-21-14/h2-6,8H,1,7,9-11H2,(H,19,23). The second kappa shape index (κ2) is 7.88. The summed E-state index contributed by atoms with van der Waals surface area (Å²) in [5.41, 5.74) is 1.08. The van der Waals surface area contributed by atoms with E-state index in [-0.39, 0.29) is 6.79 Å². The molecule has 0 amide bonds. The molecule has 0 unspecified atom stereocenters. The summed E-state index contributed by atoms with van der Waals surface area (Å²) >= 11 is 13.1. The van der Waals surface area contributed by atoms with E-state index in [2.05, 4.69) is 16.8 Å². The maximum absolute atomic E-state index is 6.00. The summed E-state index contributed by atoms with van der Waals surface area (Å²) in [5.74, 6) is 1.56. The molecule has 0 fully saturated rings. The molecule has 24 heavy (non-hydrogen) atoms. The number of nitrogens with zero attached hydrogens (tertiary/aromatic N) is 1. The smallest absolute Gasteiger partial charge is 0.231 e. The van der Waals surface area contributed by atoms with Crippen LogP contribution in [0.3, 0.4) is 0 Å². The zero-order valence-corrected chi connectivity index (χ0v) is 15.3. The minimum atomic E-state index is 0.279. The third-order valence-corrected chi connectivity index (χ3v) is 5.11. The number of halogens is 1. The highest BCUT2D eigenvalue weighted by Gasteiger charge is 2.14. The van der Waals surface area contributed by atoms with Gasteiger partial charge >= 0.3 is 0 Å². The van der Waals surface area contributed by atoms with Gasteiger partial charge in [0.2, 0.25) is 6.79 Å². The molecule has 1 aromatic carbocycles. The van der Waals surface area contributed by atoms with Crippen LogP contribution in [-0.4, -0.2) is 23.4 Å². The van der Waals surface area contributed by atoms with E-state index < -0.39 is 0 Å². The van der Waals surface area contributed by atoms with Crippen molar-refractivity contribution in [3.05, 3.63) is 57.8 Å². The Bertz CT molecular complexity index is 748. The van der Waals surface area contributed by atoms with Crippen molar-refractivity contribution >= 4 is 40.3 Å². The molecule has 1 aromatic heterocycles. The van der Waals surface area contributed by atoms with Gasteiger partial charge in [-0.15, -0.1) is 17.9 Å². The van der Waals surface area contributed by atoms with Crippen LogP contribution in [0.2, 0.25) is 4.34 Å². The molecule has 0 radical (unpaired) electrons. The van der Waals surface area contributed by atoms with Crippen molar-refractivity contribution in [2.24, 2.45) is 0 Å². The van der Waals surface area contributed by atoms with E-state index in [9.17, 15) is 0 Å². The number of ether oxygens (including phenoxy) is 2. The average Bonchev–Trinajstić information content (AvgIpc) is 3.20. The van der Waals surface area contributed by atoms with E-state index in [0.717, 1.165) is 26.3 Å². The van der Waals surface area contributed by atoms with Crippen molar-refractivity contribution in [2.45, 2.75) is 13.1 Å². The Labute approximate surface area is 155 Å². The number of fused-ring (bicyclic) bond motifs is 1. The molecule has 0 saturated carbocycles. The van der Waals surface area contributed by atoms with Crippen LogP contribution in [0.25, 0.3) is 0 Å². The Morgan fingerprint density at radius 1 is 1.33 bits per heavy atom. The van der Waals surface area contributed by atoms with Crippen LogP contribution < -0.4 is 14.8 Å². The van der Waals surface area contributed by atoms with Gasteiger partial charge in [-0.2, -0.15) is 0 Å². The molecule has 3 rings (SSSR count). The molecule has 0 atom stereocenters. The lowest BCUT2D eigenvalue weighted by molar-refractivity contribution is 0.174. The van der Waals surface area contributed by atoms with Crippen LogP contribution in [0.4, 0.5) is 0 Å². The Hall–Kier alpha value is -1.76. The molecule has 1 aliphatic heterocycles. The highest BCUT2D eigenvalue weighted by atomic mass is 35.5. The Morgan fingerprint density at radius 2 is 2.17 bits per heavy atom. The molecule has 0 spiro atoms. The van der Waals surface area contributed by atoms with Crippen molar-refractivity contribution in [1.29, 1.82) is 0 Å². The highest BCUT2D eigenvalue weighted by molar-refractivity contribution is 7.80. The quantitative estimate of drug-likeness (QED) is 0.600. The van der Waals surface area contributed by atoms with E-state index in [4.69, 9.17) is 33.3 Å². The summed E-state index contributed by atoms with van der Waals surface area (Å²) in [6.45, 7) is 6.08. The average molecular weight is 381 g/mol. The first-order valence-electron chi connectivity index (χ1n) is 7.42. The van der Waals surface area contributed by atoms with Gasteiger partial charge in [0.15, 0.2) is 16.6 Å². The van der Waals surface area contributed by atoms with Crippen LogP contribution >= 0.6 is 35.2 Å². The monoisotopic (exact) mass is 380 g/mol. The lowest BCUT2D eigenvalue weighted by Crippen LogP contribution is -2.38. The normalized spacial score (nSPS) is 12.0. The van der Waals surface area contributed by atoms with Crippen LogP contribution in [-0.2, 0) is 13.1 Å². The topological polar surface area (TPSA) is 33.7 Å². The van der Waals surface area contributed by atoms with Gasteiger partial charge in [-0.1, -0.05) is 23.7 Å². The molecule has 1 aliphatic rings. The number of thiophene rings is 1. The van der Waals surface area contributed by atoms with Crippen LogP contribution in [0.1, 0.15) is 10.4 Å². The number of nitrogens with one attached hydrogen (secondary N) is 1. The Morgan fingerprint density at radius 3 is 2.92 bits per heavy atom. The lowest BCUT2D eigenvalue weighted by atomic mass is 10.2. The van der Waals surface area contributed by atoms with Crippen LogP contribution in [0.5, 0.6) is 11.5 Å². The van der Waals surface area contributed by atoms with Gasteiger partial charge in [-0.25, -0.2) is 0 Å². The largest absolute Gasteiger partial charge is 0.454 e. The van der Waals surface area contributed by atoms with Gasteiger partial charge in [0.05, 0.1) is 10.9 Å². The molecule has 7 heteroatoms. The molecule has 2 aromatic rings. The predicted octanol–water partition coefficient (Wildman–Crippen LogP) is 4.19. The highest BCUT2D eigenvalue weighted by Crippen LogP contribution is 2.32. The molecule has 1 N–H and O–H groups in total. The predicted molar refractivity (Wildman–Crippen MR) is 102 cm³/mol. The fourth-order valence-electron chi connectivity index (χ4n) is 2.34. The van der Waals surface area contributed by atoms with Gasteiger partial charge in [-0.3, -0.25) is 0 Å². The van der Waals surface area contributed by atoms with Crippen molar-refractivity contribution in [2.75, 3.05) is 13.3 Å². The molecular formula is C17H17ClN2O2S2. The third kappa shape index (κ3) is 4.20. The second-order valence-corrected chi connectivity index (χ2v) is 7.41. The van der Waals surface area contributed by atoms with E-state index in [1.807, 2.05) is 36.4 Å². The number of thiocarbonyl (C=S) groups is 1. The molecule has 0 bridgehead atoms. The summed E-state index contributed by atoms with van der Waals surface area (Å²) < 4.78 is 11.5. The fraction of sp³-hybridized carbons (Fsp3) is 0.235. The Kier molecular flexibility index (Phi) is 5.60. The Balaban J connectivity index is 1.59. The first-order valence-corrected chi connectivity index (χ1v) is 9.02. The summed E-state index contributed by atoms with van der Waals surface area (Å²) in [4.78, 5) is 3.21. The van der Waals surface area contributed by atoms with Gasteiger partial charge in [0.1, 0.15) is 0 Å². The van der Waals surface area contributed by atoms with E-state index in [0.29, 0.717) is 24.7 Å². The van der Waals surface area contributed by atoms with Crippen molar-refractivity contribution < 1.29 is 9.47 Å². The van der Waals surface area contributed by atoms with Gasteiger partial charge < -0.3 is 19.7 Å². The second-order valence-electron chi connectivity index (χ2n) is 5.22. The number of hydrogen-bond acceptors (Lipinski definition) is 4. The fourth-order valence-corrected chi connectivity index (χ4v) is 3.65. The number of hydrogen-bond donors (Lipinski definition) is 1. The lowest BCUT2D eigenvalue weighted by Gasteiger charge is -2.24. The zero-order valence-electron chi connectivity index (χ0n) is 13.0. The van der Waals surface area contributed by atoms with Crippen molar-refractivity contribution in [1.82, 2.24) is 10.2 Å². The first kappa shape index (κ1) is 17.1. The molecular weight excluding hydrogens is 364 g/mol. The molecule has 0 aliphatic carbocycles. The molecule has 126 valence electrons. The maximum atomic E-state index is 6.00. The zero-order chi connectivity index (χ0) is 16.9. The minimum absolute atomic E-state index is 0.279. The van der Waals surface area contributed by atoms with Crippen LogP contribution in [0, 0.1) is 0 Å². The van der Waals surface area contributed by atoms with Crippen molar-refractivity contribution in [3.63, 3.8) is 0 Å². The molecule has 2 heterocycles. The summed E-state index contributed by atoms with van der Waals surface area (Å²) in [6.07, 6.45) is 1.84. The van der Waals surface area contributed by atoms with E-state index in [1.54, 1.807) is 11.3 Å². The van der Waals surface area contributed by atoms with Gasteiger partial charge in [0, 0.05) is 18.0 Å². The molecule has 0 saturated heterocycles. The van der Waals surface area contributed by atoms with Crippen molar-refractivity contribution in [3.8, 4) is 11.5 Å². The molecule has 4 nitrogen and oxygen atoms in total. The minimum Gasteiger partial charge on any atom is -0.454 e. The van der Waals surface area contributed by atoms with Crippen LogP contribution in [0.15, 0.2) is 43.0 Å². The van der Waals surface area contributed by atoms with E-state index >= 15 is 0 Å². The SMILES string of the molecule is C=CCN(Cc1ccc(Cl)s1)C(=S)NCc1ccc2c(c1)OCO2. The number of benzene rings is 1. The summed E-state index contributed by atoms with van der Waals surface area (Å²) in [7, 11) is 0. The number of rotatable bonds is 6.